The van der Waals surface area contributed by atoms with Crippen LogP contribution in [0, 0.1) is 23.6 Å². The van der Waals surface area contributed by atoms with Gasteiger partial charge in [0.25, 0.3) is 0 Å². The van der Waals surface area contributed by atoms with E-state index in [2.05, 4.69) is 42.6 Å². The molecule has 0 radical (unpaired) electrons. The minimum atomic E-state index is -1.50. The number of benzene rings is 4. The minimum absolute atomic E-state index is 0.0198. The molecule has 11 heteroatoms. The third kappa shape index (κ3) is 10.2. The molecule has 4 aromatic carbocycles. The molecular weight excluding hydrogens is 800 g/mol. The second-order valence-corrected chi connectivity index (χ2v) is 16.4. The Hall–Kier alpha value is -5.75. The Morgan fingerprint density at radius 2 is 1.62 bits per heavy atom. The first-order valence-electron chi connectivity index (χ1n) is 22.1. The van der Waals surface area contributed by atoms with Crippen molar-refractivity contribution in [2.75, 3.05) is 33.5 Å². The van der Waals surface area contributed by atoms with Gasteiger partial charge in [-0.2, -0.15) is 0 Å². The van der Waals surface area contributed by atoms with Crippen LogP contribution in [0.25, 0.3) is 11.1 Å². The van der Waals surface area contributed by atoms with Crippen molar-refractivity contribution in [2.45, 2.75) is 75.7 Å². The van der Waals surface area contributed by atoms with Crippen LogP contribution >= 0.6 is 0 Å². The van der Waals surface area contributed by atoms with Gasteiger partial charge in [0, 0.05) is 37.7 Å². The smallest absolute Gasteiger partial charge is 0.410 e. The van der Waals surface area contributed by atoms with E-state index in [0.29, 0.717) is 47.8 Å². The van der Waals surface area contributed by atoms with Crippen molar-refractivity contribution in [1.29, 1.82) is 0 Å². The van der Waals surface area contributed by atoms with Crippen molar-refractivity contribution in [3.05, 3.63) is 151 Å². The number of carbonyl (C=O) groups is 1. The molecule has 3 aliphatic rings. The molecule has 2 aliphatic carbocycles. The number of fused-ring (bicyclic) bond motifs is 2. The number of hydrogen-bond acceptors (Lipinski definition) is 9. The third-order valence-corrected chi connectivity index (χ3v) is 12.5. The predicted molar refractivity (Wildman–Crippen MR) is 242 cm³/mol. The first-order valence-corrected chi connectivity index (χ1v) is 22.1. The molecule has 1 heterocycles. The number of aliphatic hydroxyl groups is 2. The number of halogens is 1. The molecule has 0 saturated heterocycles. The van der Waals surface area contributed by atoms with Gasteiger partial charge >= 0.3 is 6.09 Å². The standard InChI is InChI=1S/C52H59FN2O8/c1-4-6-31-60-51(58)55(35-36-18-22-40(53)23-19-36)48-34-46(54-59-3)44-32-39(16-10-12-28-56)43(17-11-13-29-57)49-45-33-42(26-27-47(45)63-52(48,50(44)49)61-30-5-2)62-41-24-20-38(21-25-41)37-14-8-7-9-15-37/h4-5,7-9,14-15,18-27,32-33,39,43,48-50,56-57H,1-2,6,10-13,16-17,28-31,34-35H2,3H3/t39-,43+,48-,49+,50+,52+/m0/s1. The highest BCUT2D eigenvalue weighted by Gasteiger charge is 2.65. The van der Waals surface area contributed by atoms with Gasteiger partial charge in [-0.05, 0) is 109 Å². The molecule has 1 aliphatic heterocycles. The summed E-state index contributed by atoms with van der Waals surface area (Å²) >= 11 is 0. The number of nitrogens with zero attached hydrogens (tertiary/aromatic N) is 2. The lowest BCUT2D eigenvalue weighted by atomic mass is 9.55. The molecule has 0 aromatic heterocycles. The van der Waals surface area contributed by atoms with Gasteiger partial charge in [-0.3, -0.25) is 4.90 Å². The molecule has 2 N–H and O–H groups in total. The van der Waals surface area contributed by atoms with Crippen LogP contribution < -0.4 is 9.47 Å². The quantitative estimate of drug-likeness (QED) is 0.0483. The Morgan fingerprint density at radius 3 is 2.32 bits per heavy atom. The fraction of sp³-hybridized carbons (Fsp3) is 0.385. The summed E-state index contributed by atoms with van der Waals surface area (Å²) in [5.41, 5.74) is 5.36. The van der Waals surface area contributed by atoms with Crippen LogP contribution in [-0.2, 0) is 20.9 Å². The van der Waals surface area contributed by atoms with Crippen LogP contribution in [0.1, 0.15) is 68.4 Å². The zero-order chi connectivity index (χ0) is 44.2. The maximum atomic E-state index is 14.5. The molecular formula is C52H59FN2O8. The number of carbonyl (C=O) groups excluding carboxylic acids is 1. The number of ether oxygens (including phenoxy) is 4. The molecule has 0 spiro atoms. The second-order valence-electron chi connectivity index (χ2n) is 16.4. The maximum Gasteiger partial charge on any atom is 0.410 e. The minimum Gasteiger partial charge on any atom is -0.459 e. The Bertz CT molecular complexity index is 2210. The third-order valence-electron chi connectivity index (χ3n) is 12.5. The Balaban J connectivity index is 1.40. The van der Waals surface area contributed by atoms with Crippen molar-refractivity contribution in [1.82, 2.24) is 4.90 Å². The average Bonchev–Trinajstić information content (AvgIpc) is 3.30. The van der Waals surface area contributed by atoms with Gasteiger partial charge in [0.15, 0.2) is 0 Å². The topological polar surface area (TPSA) is 119 Å². The van der Waals surface area contributed by atoms with Crippen LogP contribution in [-0.4, -0.2) is 72.3 Å². The van der Waals surface area contributed by atoms with Crippen LogP contribution in [0.15, 0.2) is 139 Å². The Kier molecular flexibility index (Phi) is 15.5. The molecule has 10 nitrogen and oxygen atoms in total. The number of allylic oxidation sites excluding steroid dienone is 1. The number of hydrogen-bond donors (Lipinski definition) is 2. The lowest BCUT2D eigenvalue weighted by Crippen LogP contribution is -2.70. The molecule has 4 aromatic rings. The van der Waals surface area contributed by atoms with Crippen LogP contribution in [0.3, 0.4) is 0 Å². The van der Waals surface area contributed by atoms with Gasteiger partial charge < -0.3 is 34.0 Å². The summed E-state index contributed by atoms with van der Waals surface area (Å²) in [6.07, 6.45) is 10.2. The molecule has 7 rings (SSSR count). The van der Waals surface area contributed by atoms with Crippen molar-refractivity contribution in [3.8, 4) is 28.4 Å². The molecule has 63 heavy (non-hydrogen) atoms. The van der Waals surface area contributed by atoms with E-state index in [1.54, 1.807) is 29.2 Å². The van der Waals surface area contributed by atoms with Gasteiger partial charge in [-0.25, -0.2) is 9.18 Å². The van der Waals surface area contributed by atoms with E-state index in [1.165, 1.54) is 19.2 Å². The summed E-state index contributed by atoms with van der Waals surface area (Å²) in [5.74, 6) is -0.687. The van der Waals surface area contributed by atoms with E-state index >= 15 is 0 Å². The molecule has 0 unspecified atom stereocenters. The lowest BCUT2D eigenvalue weighted by molar-refractivity contribution is -0.256. The van der Waals surface area contributed by atoms with Crippen LogP contribution in [0.4, 0.5) is 9.18 Å². The van der Waals surface area contributed by atoms with E-state index < -0.39 is 29.7 Å². The summed E-state index contributed by atoms with van der Waals surface area (Å²) in [7, 11) is 1.51. The highest BCUT2D eigenvalue weighted by Crippen LogP contribution is 2.62. The van der Waals surface area contributed by atoms with Gasteiger partial charge in [-0.1, -0.05) is 90.8 Å². The first kappa shape index (κ1) is 45.3. The normalized spacial score (nSPS) is 22.8. The largest absolute Gasteiger partial charge is 0.459 e. The fourth-order valence-corrected chi connectivity index (χ4v) is 9.71. The van der Waals surface area contributed by atoms with Crippen LogP contribution in [0.2, 0.25) is 0 Å². The van der Waals surface area contributed by atoms with E-state index in [4.69, 9.17) is 23.8 Å². The van der Waals surface area contributed by atoms with Crippen LogP contribution in [0.5, 0.6) is 17.2 Å². The second kappa shape index (κ2) is 21.6. The van der Waals surface area contributed by atoms with Crippen molar-refractivity contribution in [2.24, 2.45) is 22.9 Å². The molecule has 1 saturated carbocycles. The lowest BCUT2D eigenvalue weighted by Gasteiger charge is -2.59. The van der Waals surface area contributed by atoms with Crippen molar-refractivity contribution >= 4 is 11.8 Å². The van der Waals surface area contributed by atoms with Gasteiger partial charge in [-0.15, -0.1) is 13.2 Å². The predicted octanol–water partition coefficient (Wildman–Crippen LogP) is 10.8. The van der Waals surface area contributed by atoms with Gasteiger partial charge in [0.2, 0.25) is 5.79 Å². The number of rotatable bonds is 21. The Labute approximate surface area is 370 Å². The highest BCUT2D eigenvalue weighted by molar-refractivity contribution is 6.03. The molecule has 1 fully saturated rings. The monoisotopic (exact) mass is 858 g/mol. The maximum absolute atomic E-state index is 14.5. The number of unbranched alkanes of at least 4 members (excludes halogenated alkanes) is 2. The zero-order valence-corrected chi connectivity index (χ0v) is 36.1. The van der Waals surface area contributed by atoms with E-state index in [-0.39, 0.29) is 57.1 Å². The van der Waals surface area contributed by atoms with E-state index in [9.17, 15) is 19.4 Å². The molecule has 0 bridgehead atoms. The zero-order valence-electron chi connectivity index (χ0n) is 36.1. The van der Waals surface area contributed by atoms with E-state index in [1.807, 2.05) is 54.6 Å². The SMILES string of the molecule is C=CCCOC(=O)N(Cc1ccc(F)cc1)[C@H]1CC(=NOC)C2=C[C@H](CCCCO)[C@@H](CCCCO)[C@@H]3c4cc(Oc5ccc(-c6ccccc6)cc5)ccc4O[C@@]1(OCC=C)[C@H]23. The number of amides is 1. The fourth-order valence-electron chi connectivity index (χ4n) is 9.71. The highest BCUT2D eigenvalue weighted by atomic mass is 19.1. The van der Waals surface area contributed by atoms with Gasteiger partial charge in [0.05, 0.1) is 24.8 Å². The number of oxime groups is 1. The van der Waals surface area contributed by atoms with Crippen molar-refractivity contribution in [3.63, 3.8) is 0 Å². The summed E-state index contributed by atoms with van der Waals surface area (Å²) in [4.78, 5) is 21.7. The summed E-state index contributed by atoms with van der Waals surface area (Å²) < 4.78 is 41.1. The Morgan fingerprint density at radius 1 is 0.905 bits per heavy atom. The first-order chi connectivity index (χ1) is 30.8. The van der Waals surface area contributed by atoms with Gasteiger partial charge in [0.1, 0.15) is 36.2 Å². The average molecular weight is 859 g/mol. The number of aliphatic hydroxyl groups excluding tert-OH is 2. The summed E-state index contributed by atoms with van der Waals surface area (Å²) in [6.45, 7) is 8.25. The molecule has 332 valence electrons. The molecule has 1 amide bonds. The van der Waals surface area contributed by atoms with Crippen molar-refractivity contribution < 1.29 is 43.2 Å². The summed E-state index contributed by atoms with van der Waals surface area (Å²) in [6, 6.07) is 29.3. The summed E-state index contributed by atoms with van der Waals surface area (Å²) in [5, 5.41) is 24.5. The van der Waals surface area contributed by atoms with E-state index in [0.717, 1.165) is 47.9 Å². The molecule has 6 atom stereocenters.